The zero-order valence-electron chi connectivity index (χ0n) is 20.2. The van der Waals surface area contributed by atoms with Crippen molar-refractivity contribution in [1.82, 2.24) is 9.47 Å². The Bertz CT molecular complexity index is 1260. The molecule has 184 valence electrons. The summed E-state index contributed by atoms with van der Waals surface area (Å²) in [6.07, 6.45) is 3.01. The molecule has 8 nitrogen and oxygen atoms in total. The number of carbonyl (C=O) groups excluding carboxylic acids is 2. The van der Waals surface area contributed by atoms with Gasteiger partial charge in [-0.05, 0) is 51.0 Å². The van der Waals surface area contributed by atoms with Gasteiger partial charge >= 0.3 is 6.09 Å². The standard InChI is InChI=1S/C27H31N3O5/c1-3-34-24-11-6-5-8-19(24)18-25(31)28-23-10-7-9-22-21(23)14-17-30(26(22)32)20-12-15-29(16-13-20)27(33)35-4-2/h5-11,14,17,20H,3-4,12-13,15-16,18H2,1-2H3,(H,28,31). The number of nitrogens with zero attached hydrogens (tertiary/aromatic N) is 2. The second-order valence-electron chi connectivity index (χ2n) is 8.48. The van der Waals surface area contributed by atoms with Crippen molar-refractivity contribution < 1.29 is 19.1 Å². The van der Waals surface area contributed by atoms with Crippen molar-refractivity contribution in [2.45, 2.75) is 39.2 Å². The quantitative estimate of drug-likeness (QED) is 0.546. The maximum atomic E-state index is 13.3. The van der Waals surface area contributed by atoms with E-state index in [1.165, 1.54) is 0 Å². The lowest BCUT2D eigenvalue weighted by molar-refractivity contribution is -0.115. The van der Waals surface area contributed by atoms with E-state index in [-0.39, 0.29) is 30.0 Å². The summed E-state index contributed by atoms with van der Waals surface area (Å²) in [4.78, 5) is 39.8. The number of likely N-dealkylation sites (tertiary alicyclic amines) is 1. The van der Waals surface area contributed by atoms with Crippen LogP contribution in [-0.2, 0) is 16.0 Å². The highest BCUT2D eigenvalue weighted by Gasteiger charge is 2.25. The molecule has 2 amide bonds. The normalized spacial score (nSPS) is 14.1. The molecule has 1 aliphatic rings. The van der Waals surface area contributed by atoms with Gasteiger partial charge in [-0.3, -0.25) is 9.59 Å². The van der Waals surface area contributed by atoms with Crippen LogP contribution in [0.1, 0.15) is 38.3 Å². The number of benzene rings is 2. The number of fused-ring (bicyclic) bond motifs is 1. The maximum absolute atomic E-state index is 13.3. The van der Waals surface area contributed by atoms with Gasteiger partial charge in [0.15, 0.2) is 0 Å². The molecule has 35 heavy (non-hydrogen) atoms. The third-order valence-electron chi connectivity index (χ3n) is 6.25. The Kier molecular flexibility index (Phi) is 7.70. The summed E-state index contributed by atoms with van der Waals surface area (Å²) < 4.78 is 12.5. The zero-order valence-corrected chi connectivity index (χ0v) is 20.2. The molecule has 3 aromatic rings. The first-order valence-corrected chi connectivity index (χ1v) is 12.1. The van der Waals surface area contributed by atoms with Gasteiger partial charge in [0.1, 0.15) is 5.75 Å². The lowest BCUT2D eigenvalue weighted by Crippen LogP contribution is -2.41. The highest BCUT2D eigenvalue weighted by molar-refractivity contribution is 6.02. The molecule has 1 saturated heterocycles. The highest BCUT2D eigenvalue weighted by Crippen LogP contribution is 2.26. The Hall–Kier alpha value is -3.81. The van der Waals surface area contributed by atoms with Crippen molar-refractivity contribution >= 4 is 28.5 Å². The minimum absolute atomic E-state index is 0.00545. The van der Waals surface area contributed by atoms with Gasteiger partial charge in [-0.15, -0.1) is 0 Å². The molecule has 2 heterocycles. The van der Waals surface area contributed by atoms with Crippen LogP contribution in [0.4, 0.5) is 10.5 Å². The third kappa shape index (κ3) is 5.48. The van der Waals surface area contributed by atoms with Crippen molar-refractivity contribution in [2.24, 2.45) is 0 Å². The second kappa shape index (κ2) is 11.1. The fraction of sp³-hybridized carbons (Fsp3) is 0.370. The van der Waals surface area contributed by atoms with E-state index in [0.717, 1.165) is 5.56 Å². The van der Waals surface area contributed by atoms with Crippen molar-refractivity contribution in [3.05, 3.63) is 70.6 Å². The monoisotopic (exact) mass is 477 g/mol. The van der Waals surface area contributed by atoms with E-state index < -0.39 is 0 Å². The van der Waals surface area contributed by atoms with Gasteiger partial charge in [0.25, 0.3) is 5.56 Å². The number of ether oxygens (including phenoxy) is 2. The number of piperidine rings is 1. The first-order chi connectivity index (χ1) is 17.0. The second-order valence-corrected chi connectivity index (χ2v) is 8.48. The summed E-state index contributed by atoms with van der Waals surface area (Å²) in [6.45, 7) is 5.66. The van der Waals surface area contributed by atoms with E-state index in [1.807, 2.05) is 37.3 Å². The Labute approximate surface area is 204 Å². The molecule has 4 rings (SSSR count). The smallest absolute Gasteiger partial charge is 0.409 e. The average Bonchev–Trinajstić information content (AvgIpc) is 2.86. The molecular weight excluding hydrogens is 446 g/mol. The molecule has 0 saturated carbocycles. The molecule has 0 aliphatic carbocycles. The number of aromatic nitrogens is 1. The summed E-state index contributed by atoms with van der Waals surface area (Å²) in [6, 6.07) is 14.7. The lowest BCUT2D eigenvalue weighted by atomic mass is 10.0. The van der Waals surface area contributed by atoms with E-state index in [0.29, 0.717) is 61.4 Å². The van der Waals surface area contributed by atoms with Crippen molar-refractivity contribution in [2.75, 3.05) is 31.6 Å². The lowest BCUT2D eigenvalue weighted by Gasteiger charge is -2.32. The molecule has 1 N–H and O–H groups in total. The van der Waals surface area contributed by atoms with E-state index in [1.54, 1.807) is 40.8 Å². The van der Waals surface area contributed by atoms with E-state index >= 15 is 0 Å². The molecule has 0 spiro atoms. The molecular formula is C27H31N3O5. The number of anilines is 1. The summed E-state index contributed by atoms with van der Waals surface area (Å²) in [5.74, 6) is 0.514. The molecule has 8 heteroatoms. The van der Waals surface area contributed by atoms with Gasteiger partial charge in [0, 0.05) is 47.4 Å². The summed E-state index contributed by atoms with van der Waals surface area (Å²) >= 11 is 0. The van der Waals surface area contributed by atoms with Gasteiger partial charge in [-0.1, -0.05) is 24.3 Å². The van der Waals surface area contributed by atoms with E-state index in [9.17, 15) is 14.4 Å². The minimum Gasteiger partial charge on any atom is -0.494 e. The first-order valence-electron chi connectivity index (χ1n) is 12.1. The highest BCUT2D eigenvalue weighted by atomic mass is 16.6. The van der Waals surface area contributed by atoms with Crippen LogP contribution in [0.15, 0.2) is 59.5 Å². The summed E-state index contributed by atoms with van der Waals surface area (Å²) in [5, 5.41) is 4.21. The van der Waals surface area contributed by atoms with Crippen LogP contribution >= 0.6 is 0 Å². The molecule has 2 aromatic carbocycles. The summed E-state index contributed by atoms with van der Waals surface area (Å²) in [5.41, 5.74) is 1.31. The van der Waals surface area contributed by atoms with Crippen molar-refractivity contribution in [3.8, 4) is 5.75 Å². The molecule has 1 fully saturated rings. The number of carbonyl (C=O) groups is 2. The third-order valence-corrected chi connectivity index (χ3v) is 6.25. The predicted octanol–water partition coefficient (Wildman–Crippen LogP) is 4.37. The number of para-hydroxylation sites is 1. The van der Waals surface area contributed by atoms with Crippen LogP contribution in [0, 0.1) is 0 Å². The van der Waals surface area contributed by atoms with E-state index in [4.69, 9.17) is 9.47 Å². The maximum Gasteiger partial charge on any atom is 0.409 e. The van der Waals surface area contributed by atoms with Crippen LogP contribution in [0.3, 0.4) is 0 Å². The average molecular weight is 478 g/mol. The van der Waals surface area contributed by atoms with Crippen LogP contribution in [0.5, 0.6) is 5.75 Å². The Morgan fingerprint density at radius 2 is 1.74 bits per heavy atom. The van der Waals surface area contributed by atoms with Crippen LogP contribution in [-0.4, -0.2) is 47.8 Å². The van der Waals surface area contributed by atoms with Gasteiger partial charge in [0.05, 0.1) is 19.6 Å². The van der Waals surface area contributed by atoms with E-state index in [2.05, 4.69) is 5.32 Å². The Morgan fingerprint density at radius 3 is 2.49 bits per heavy atom. The Balaban J connectivity index is 1.50. The van der Waals surface area contributed by atoms with Gasteiger partial charge in [-0.25, -0.2) is 4.79 Å². The molecule has 0 atom stereocenters. The number of hydrogen-bond acceptors (Lipinski definition) is 5. The van der Waals surface area contributed by atoms with Gasteiger partial charge in [0.2, 0.25) is 5.91 Å². The fourth-order valence-electron chi connectivity index (χ4n) is 4.54. The molecule has 0 unspecified atom stereocenters. The van der Waals surface area contributed by atoms with Crippen LogP contribution in [0.25, 0.3) is 10.8 Å². The topological polar surface area (TPSA) is 89.9 Å². The number of pyridine rings is 1. The SMILES string of the molecule is CCOC(=O)N1CCC(n2ccc3c(NC(=O)Cc4ccccc4OCC)cccc3c2=O)CC1. The predicted molar refractivity (Wildman–Crippen MR) is 135 cm³/mol. The largest absolute Gasteiger partial charge is 0.494 e. The van der Waals surface area contributed by atoms with Crippen molar-refractivity contribution in [3.63, 3.8) is 0 Å². The molecule has 0 bridgehead atoms. The minimum atomic E-state index is -0.305. The van der Waals surface area contributed by atoms with Crippen LogP contribution in [0.2, 0.25) is 0 Å². The number of rotatable bonds is 7. The Morgan fingerprint density at radius 1 is 0.971 bits per heavy atom. The molecule has 1 aromatic heterocycles. The van der Waals surface area contributed by atoms with Gasteiger partial charge < -0.3 is 24.3 Å². The van der Waals surface area contributed by atoms with Gasteiger partial charge in [-0.2, -0.15) is 0 Å². The number of nitrogens with one attached hydrogen (secondary N) is 1. The molecule has 1 aliphatic heterocycles. The number of hydrogen-bond donors (Lipinski definition) is 1. The molecule has 0 radical (unpaired) electrons. The first kappa shape index (κ1) is 24.3. The zero-order chi connectivity index (χ0) is 24.8. The fourth-order valence-corrected chi connectivity index (χ4v) is 4.54. The summed E-state index contributed by atoms with van der Waals surface area (Å²) in [7, 11) is 0. The van der Waals surface area contributed by atoms with Crippen molar-refractivity contribution in [1.29, 1.82) is 0 Å². The van der Waals surface area contributed by atoms with Crippen LogP contribution < -0.4 is 15.6 Å². The number of amides is 2.